The lowest BCUT2D eigenvalue weighted by Crippen LogP contribution is -2.52. The summed E-state index contributed by atoms with van der Waals surface area (Å²) < 4.78 is 0. The van der Waals surface area contributed by atoms with Gasteiger partial charge in [0.2, 0.25) is 11.8 Å². The molecule has 0 heterocycles. The molecule has 0 fully saturated rings. The fourth-order valence-electron chi connectivity index (χ4n) is 2.37. The van der Waals surface area contributed by atoms with Crippen molar-refractivity contribution in [3.8, 4) is 0 Å². The Morgan fingerprint density at radius 3 is 2.29 bits per heavy atom. The maximum absolute atomic E-state index is 12.6. The van der Waals surface area contributed by atoms with Crippen molar-refractivity contribution in [2.24, 2.45) is 5.92 Å². The number of carboxylic acids is 1. The molecule has 0 bridgehead atoms. The molecule has 0 saturated heterocycles. The average molecular weight is 334 g/mol. The molecule has 1 unspecified atom stereocenters. The van der Waals surface area contributed by atoms with Crippen molar-refractivity contribution in [3.63, 3.8) is 0 Å². The van der Waals surface area contributed by atoms with E-state index in [2.05, 4.69) is 5.32 Å². The van der Waals surface area contributed by atoms with Gasteiger partial charge >= 0.3 is 5.97 Å². The number of carbonyl (C=O) groups is 3. The minimum Gasteiger partial charge on any atom is -0.481 e. The third-order valence-electron chi connectivity index (χ3n) is 3.75. The van der Waals surface area contributed by atoms with Gasteiger partial charge in [0.1, 0.15) is 6.04 Å². The molecule has 1 rings (SSSR count). The predicted octanol–water partition coefficient (Wildman–Crippen LogP) is 1.69. The number of benzene rings is 1. The minimum absolute atomic E-state index is 0.0869. The maximum Gasteiger partial charge on any atom is 0.305 e. The van der Waals surface area contributed by atoms with Crippen molar-refractivity contribution in [3.05, 3.63) is 35.9 Å². The van der Waals surface area contributed by atoms with Crippen molar-refractivity contribution < 1.29 is 19.5 Å². The number of nitrogens with one attached hydrogen (secondary N) is 1. The molecule has 2 amide bonds. The number of likely N-dealkylation sites (N-methyl/N-ethyl adjacent to an activating group) is 1. The van der Waals surface area contributed by atoms with Crippen LogP contribution in [-0.2, 0) is 20.8 Å². The van der Waals surface area contributed by atoms with E-state index >= 15 is 0 Å². The number of nitrogens with zero attached hydrogens (tertiary/aromatic N) is 1. The van der Waals surface area contributed by atoms with E-state index in [0.29, 0.717) is 6.54 Å². The van der Waals surface area contributed by atoms with Crippen LogP contribution in [0.3, 0.4) is 0 Å². The highest BCUT2D eigenvalue weighted by atomic mass is 16.4. The van der Waals surface area contributed by atoms with Crippen molar-refractivity contribution in [2.75, 3.05) is 13.1 Å². The van der Waals surface area contributed by atoms with Gasteiger partial charge in [-0.05, 0) is 18.4 Å². The Labute approximate surface area is 142 Å². The summed E-state index contributed by atoms with van der Waals surface area (Å²) in [5.41, 5.74) is 0.878. The topological polar surface area (TPSA) is 86.7 Å². The first kappa shape index (κ1) is 19.7. The fourth-order valence-corrected chi connectivity index (χ4v) is 2.37. The third kappa shape index (κ3) is 6.40. The zero-order chi connectivity index (χ0) is 18.1. The summed E-state index contributed by atoms with van der Waals surface area (Å²) in [5, 5.41) is 11.6. The summed E-state index contributed by atoms with van der Waals surface area (Å²) in [5.74, 6) is -1.50. The van der Waals surface area contributed by atoms with Crippen LogP contribution in [0.1, 0.15) is 32.8 Å². The Kier molecular flexibility index (Phi) is 7.95. The average Bonchev–Trinajstić information content (AvgIpc) is 2.53. The molecule has 0 aromatic heterocycles. The molecular formula is C18H26N2O4. The molecule has 0 aliphatic rings. The molecular weight excluding hydrogens is 308 g/mol. The minimum atomic E-state index is -0.949. The molecule has 132 valence electrons. The van der Waals surface area contributed by atoms with Gasteiger partial charge in [-0.2, -0.15) is 0 Å². The number of amides is 2. The van der Waals surface area contributed by atoms with E-state index in [1.54, 1.807) is 6.92 Å². The van der Waals surface area contributed by atoms with Crippen molar-refractivity contribution in [2.45, 2.75) is 39.7 Å². The highest BCUT2D eigenvalue weighted by Gasteiger charge is 2.28. The SMILES string of the molecule is CCN(CCC(=O)O)C(=O)C(NC(=O)Cc1ccccc1)C(C)C. The van der Waals surface area contributed by atoms with Crippen LogP contribution in [0.4, 0.5) is 0 Å². The van der Waals surface area contributed by atoms with Gasteiger partial charge in [0.25, 0.3) is 0 Å². The number of carbonyl (C=O) groups excluding carboxylic acids is 2. The Hall–Kier alpha value is -2.37. The lowest BCUT2D eigenvalue weighted by atomic mass is 10.0. The van der Waals surface area contributed by atoms with Gasteiger partial charge in [-0.3, -0.25) is 14.4 Å². The molecule has 1 aromatic rings. The van der Waals surface area contributed by atoms with E-state index in [9.17, 15) is 14.4 Å². The van der Waals surface area contributed by atoms with Gasteiger partial charge in [0.05, 0.1) is 12.8 Å². The number of rotatable bonds is 9. The molecule has 0 aliphatic carbocycles. The molecule has 0 spiro atoms. The number of hydrogen-bond acceptors (Lipinski definition) is 3. The molecule has 2 N–H and O–H groups in total. The molecule has 24 heavy (non-hydrogen) atoms. The Bertz CT molecular complexity index is 557. The van der Waals surface area contributed by atoms with E-state index in [4.69, 9.17) is 5.11 Å². The first-order chi connectivity index (χ1) is 11.3. The summed E-state index contributed by atoms with van der Waals surface area (Å²) in [4.78, 5) is 37.1. The smallest absolute Gasteiger partial charge is 0.305 e. The summed E-state index contributed by atoms with van der Waals surface area (Å²) in [6.07, 6.45) is 0.0982. The number of aliphatic carboxylic acids is 1. The van der Waals surface area contributed by atoms with E-state index in [1.165, 1.54) is 4.90 Å². The van der Waals surface area contributed by atoms with Crippen molar-refractivity contribution in [1.82, 2.24) is 10.2 Å². The molecule has 0 radical (unpaired) electrons. The fraction of sp³-hybridized carbons (Fsp3) is 0.500. The van der Waals surface area contributed by atoms with E-state index < -0.39 is 12.0 Å². The number of hydrogen-bond donors (Lipinski definition) is 2. The van der Waals surface area contributed by atoms with Crippen LogP contribution in [0.5, 0.6) is 0 Å². The molecule has 6 heteroatoms. The highest BCUT2D eigenvalue weighted by Crippen LogP contribution is 2.08. The quantitative estimate of drug-likeness (QED) is 0.719. The Morgan fingerprint density at radius 2 is 1.79 bits per heavy atom. The molecule has 6 nitrogen and oxygen atoms in total. The van der Waals surface area contributed by atoms with Crippen LogP contribution in [-0.4, -0.2) is 46.9 Å². The van der Waals surface area contributed by atoms with Crippen LogP contribution < -0.4 is 5.32 Å². The second kappa shape index (κ2) is 9.70. The lowest BCUT2D eigenvalue weighted by molar-refractivity contribution is -0.140. The second-order valence-corrected chi connectivity index (χ2v) is 6.01. The monoisotopic (exact) mass is 334 g/mol. The maximum atomic E-state index is 12.6. The molecule has 0 aliphatic heterocycles. The largest absolute Gasteiger partial charge is 0.481 e. The Balaban J connectivity index is 2.72. The van der Waals surface area contributed by atoms with Crippen LogP contribution >= 0.6 is 0 Å². The van der Waals surface area contributed by atoms with Gasteiger partial charge < -0.3 is 15.3 Å². The predicted molar refractivity (Wildman–Crippen MR) is 91.4 cm³/mol. The zero-order valence-electron chi connectivity index (χ0n) is 14.5. The summed E-state index contributed by atoms with van der Waals surface area (Å²) in [6, 6.07) is 8.66. The van der Waals surface area contributed by atoms with Gasteiger partial charge in [-0.1, -0.05) is 44.2 Å². The lowest BCUT2D eigenvalue weighted by Gasteiger charge is -2.28. The summed E-state index contributed by atoms with van der Waals surface area (Å²) in [6.45, 7) is 6.06. The zero-order valence-corrected chi connectivity index (χ0v) is 14.5. The summed E-state index contributed by atoms with van der Waals surface area (Å²) in [7, 11) is 0. The van der Waals surface area contributed by atoms with Crippen LogP contribution in [0, 0.1) is 5.92 Å². The molecule has 1 aromatic carbocycles. The Morgan fingerprint density at radius 1 is 1.17 bits per heavy atom. The molecule has 1 atom stereocenters. The van der Waals surface area contributed by atoms with Crippen molar-refractivity contribution in [1.29, 1.82) is 0 Å². The van der Waals surface area contributed by atoms with Gasteiger partial charge in [-0.25, -0.2) is 0 Å². The van der Waals surface area contributed by atoms with E-state index in [0.717, 1.165) is 5.56 Å². The van der Waals surface area contributed by atoms with Crippen LogP contribution in [0.25, 0.3) is 0 Å². The first-order valence-corrected chi connectivity index (χ1v) is 8.19. The van der Waals surface area contributed by atoms with Crippen LogP contribution in [0.2, 0.25) is 0 Å². The van der Waals surface area contributed by atoms with Gasteiger partial charge in [0, 0.05) is 13.1 Å². The van der Waals surface area contributed by atoms with E-state index in [-0.39, 0.29) is 37.1 Å². The van der Waals surface area contributed by atoms with Crippen LogP contribution in [0.15, 0.2) is 30.3 Å². The standard InChI is InChI=1S/C18H26N2O4/c1-4-20(11-10-16(22)23)18(24)17(13(2)3)19-15(21)12-14-8-6-5-7-9-14/h5-9,13,17H,4,10-12H2,1-3H3,(H,19,21)(H,22,23). The van der Waals surface area contributed by atoms with Gasteiger partial charge in [-0.15, -0.1) is 0 Å². The normalized spacial score (nSPS) is 11.8. The third-order valence-corrected chi connectivity index (χ3v) is 3.75. The highest BCUT2D eigenvalue weighted by molar-refractivity contribution is 5.88. The molecule has 0 saturated carbocycles. The van der Waals surface area contributed by atoms with Gasteiger partial charge in [0.15, 0.2) is 0 Å². The number of carboxylic acid groups (broad SMARTS) is 1. The second-order valence-electron chi connectivity index (χ2n) is 6.01. The van der Waals surface area contributed by atoms with E-state index in [1.807, 2.05) is 44.2 Å². The van der Waals surface area contributed by atoms with Crippen molar-refractivity contribution >= 4 is 17.8 Å². The first-order valence-electron chi connectivity index (χ1n) is 8.19. The summed E-state index contributed by atoms with van der Waals surface area (Å²) >= 11 is 0.